The molecule has 0 saturated carbocycles. The van der Waals surface area contributed by atoms with E-state index < -0.39 is 0 Å². The van der Waals surface area contributed by atoms with Gasteiger partial charge < -0.3 is 16.0 Å². The molecule has 1 rings (SSSR count). The van der Waals surface area contributed by atoms with Crippen LogP contribution in [0.15, 0.2) is 12.4 Å². The van der Waals surface area contributed by atoms with E-state index in [9.17, 15) is 0 Å². The first-order chi connectivity index (χ1) is 8.89. The van der Waals surface area contributed by atoms with Gasteiger partial charge in [0.15, 0.2) is 0 Å². The Morgan fingerprint density at radius 2 is 2.11 bits per heavy atom. The van der Waals surface area contributed by atoms with Crippen LogP contribution in [-0.2, 0) is 0 Å². The van der Waals surface area contributed by atoms with Crippen molar-refractivity contribution in [2.75, 3.05) is 30.4 Å². The van der Waals surface area contributed by atoms with E-state index in [0.717, 1.165) is 24.6 Å². The summed E-state index contributed by atoms with van der Waals surface area (Å²) >= 11 is 0. The van der Waals surface area contributed by atoms with Gasteiger partial charge in [-0.2, -0.15) is 0 Å². The molecule has 5 nitrogen and oxygen atoms in total. The van der Waals surface area contributed by atoms with Gasteiger partial charge >= 0.3 is 0 Å². The van der Waals surface area contributed by atoms with Crippen LogP contribution in [0.5, 0.6) is 0 Å². The number of aromatic nitrogens is 2. The summed E-state index contributed by atoms with van der Waals surface area (Å²) in [5, 5.41) is 3.38. The highest BCUT2D eigenvalue weighted by molar-refractivity contribution is 5.48. The van der Waals surface area contributed by atoms with Gasteiger partial charge in [0, 0.05) is 32.2 Å². The Balaban J connectivity index is 2.72. The third-order valence-electron chi connectivity index (χ3n) is 3.72. The lowest BCUT2D eigenvalue weighted by atomic mass is 9.90. The maximum absolute atomic E-state index is 5.68. The lowest BCUT2D eigenvalue weighted by Crippen LogP contribution is -2.35. The van der Waals surface area contributed by atoms with Crippen molar-refractivity contribution in [2.24, 2.45) is 11.1 Å². The second kappa shape index (κ2) is 6.70. The van der Waals surface area contributed by atoms with Crippen molar-refractivity contribution in [3.8, 4) is 0 Å². The molecule has 0 amide bonds. The Kier molecular flexibility index (Phi) is 5.54. The molecule has 0 aliphatic heterocycles. The van der Waals surface area contributed by atoms with Crippen molar-refractivity contribution in [1.29, 1.82) is 0 Å². The topological polar surface area (TPSA) is 67.1 Å². The van der Waals surface area contributed by atoms with E-state index in [0.29, 0.717) is 6.54 Å². The molecule has 0 aliphatic rings. The Hall–Kier alpha value is -1.36. The van der Waals surface area contributed by atoms with Crippen LogP contribution in [-0.4, -0.2) is 36.1 Å². The fraction of sp³-hybridized carbons (Fsp3) is 0.714. The molecule has 1 aromatic rings. The molecule has 108 valence electrons. The van der Waals surface area contributed by atoms with Crippen LogP contribution in [0, 0.1) is 5.41 Å². The summed E-state index contributed by atoms with van der Waals surface area (Å²) in [6.45, 7) is 10.3. The van der Waals surface area contributed by atoms with Crippen molar-refractivity contribution in [2.45, 2.75) is 40.2 Å². The molecule has 0 fully saturated rings. The summed E-state index contributed by atoms with van der Waals surface area (Å²) in [4.78, 5) is 10.6. The van der Waals surface area contributed by atoms with Gasteiger partial charge in [-0.1, -0.05) is 20.8 Å². The lowest BCUT2D eigenvalue weighted by molar-refractivity contribution is 0.376. The molecule has 5 heteroatoms. The summed E-state index contributed by atoms with van der Waals surface area (Å²) in [5.74, 6) is 1.76. The average Bonchev–Trinajstić information content (AvgIpc) is 2.44. The third kappa shape index (κ3) is 4.67. The molecule has 0 bridgehead atoms. The fourth-order valence-electron chi connectivity index (χ4n) is 1.48. The Labute approximate surface area is 116 Å². The molecule has 0 spiro atoms. The van der Waals surface area contributed by atoms with E-state index >= 15 is 0 Å². The van der Waals surface area contributed by atoms with Gasteiger partial charge in [0.25, 0.3) is 0 Å². The highest BCUT2D eigenvalue weighted by Gasteiger charge is 2.15. The molecule has 3 N–H and O–H groups in total. The van der Waals surface area contributed by atoms with Crippen LogP contribution in [0.1, 0.15) is 34.1 Å². The van der Waals surface area contributed by atoms with E-state index in [4.69, 9.17) is 5.73 Å². The van der Waals surface area contributed by atoms with Crippen molar-refractivity contribution in [3.63, 3.8) is 0 Å². The molecule has 0 aliphatic carbocycles. The minimum Gasteiger partial charge on any atom is -0.369 e. The van der Waals surface area contributed by atoms with Crippen LogP contribution in [0.3, 0.4) is 0 Å². The smallest absolute Gasteiger partial charge is 0.134 e. The van der Waals surface area contributed by atoms with Gasteiger partial charge in [-0.15, -0.1) is 0 Å². The van der Waals surface area contributed by atoms with E-state index in [-0.39, 0.29) is 11.5 Å². The molecular weight excluding hydrogens is 238 g/mol. The number of nitrogens with one attached hydrogen (secondary N) is 1. The summed E-state index contributed by atoms with van der Waals surface area (Å²) < 4.78 is 0. The highest BCUT2D eigenvalue weighted by atomic mass is 15.2. The molecule has 0 aromatic carbocycles. The molecule has 0 saturated heterocycles. The third-order valence-corrected chi connectivity index (χ3v) is 3.72. The van der Waals surface area contributed by atoms with E-state index in [1.54, 1.807) is 6.33 Å². The Morgan fingerprint density at radius 3 is 2.68 bits per heavy atom. The monoisotopic (exact) mass is 265 g/mol. The van der Waals surface area contributed by atoms with Crippen molar-refractivity contribution < 1.29 is 0 Å². The molecule has 1 heterocycles. The van der Waals surface area contributed by atoms with Gasteiger partial charge in [-0.05, 0) is 18.8 Å². The van der Waals surface area contributed by atoms with Crippen LogP contribution < -0.4 is 16.0 Å². The summed E-state index contributed by atoms with van der Waals surface area (Å²) in [6, 6.07) is 2.23. The number of hydrogen-bond acceptors (Lipinski definition) is 5. The standard InChI is InChI=1S/C14H27N5/c1-6-14(3,4)9-16-12-7-13(18-10-17-12)19(5)11(2)8-15/h7,10-11H,6,8-9,15H2,1-5H3,(H,16,17,18). The first kappa shape index (κ1) is 15.7. The van der Waals surface area contributed by atoms with Crippen LogP contribution >= 0.6 is 0 Å². The molecule has 1 aromatic heterocycles. The van der Waals surface area contributed by atoms with E-state index in [1.807, 2.05) is 13.1 Å². The zero-order chi connectivity index (χ0) is 14.5. The maximum Gasteiger partial charge on any atom is 0.134 e. The Morgan fingerprint density at radius 1 is 1.42 bits per heavy atom. The zero-order valence-electron chi connectivity index (χ0n) is 12.8. The minimum atomic E-state index is 0.259. The zero-order valence-corrected chi connectivity index (χ0v) is 12.8. The van der Waals surface area contributed by atoms with Crippen molar-refractivity contribution in [3.05, 3.63) is 12.4 Å². The number of nitrogens with two attached hydrogens (primary N) is 1. The van der Waals surface area contributed by atoms with Crippen molar-refractivity contribution in [1.82, 2.24) is 9.97 Å². The highest BCUT2D eigenvalue weighted by Crippen LogP contribution is 2.21. The van der Waals surface area contributed by atoms with Crippen LogP contribution in [0.4, 0.5) is 11.6 Å². The predicted octanol–water partition coefficient (Wildman–Crippen LogP) is 2.11. The van der Waals surface area contributed by atoms with Crippen LogP contribution in [0.2, 0.25) is 0 Å². The summed E-state index contributed by atoms with van der Waals surface area (Å²) in [6.07, 6.45) is 2.72. The molecule has 0 radical (unpaired) electrons. The number of likely N-dealkylation sites (N-methyl/N-ethyl adjacent to an activating group) is 1. The number of nitrogens with zero attached hydrogens (tertiary/aromatic N) is 3. The molecule has 19 heavy (non-hydrogen) atoms. The SMILES string of the molecule is CCC(C)(C)CNc1cc(N(C)C(C)CN)ncn1. The molecule has 1 atom stereocenters. The predicted molar refractivity (Wildman–Crippen MR) is 81.5 cm³/mol. The van der Waals surface area contributed by atoms with Gasteiger partial charge in [-0.25, -0.2) is 9.97 Å². The second-order valence-corrected chi connectivity index (χ2v) is 5.83. The Bertz CT molecular complexity index is 391. The quantitative estimate of drug-likeness (QED) is 0.790. The second-order valence-electron chi connectivity index (χ2n) is 5.83. The number of anilines is 2. The van der Waals surface area contributed by atoms with E-state index in [1.165, 1.54) is 0 Å². The normalized spacial score (nSPS) is 13.2. The van der Waals surface area contributed by atoms with Crippen LogP contribution in [0.25, 0.3) is 0 Å². The minimum absolute atomic E-state index is 0.259. The van der Waals surface area contributed by atoms with Crippen molar-refractivity contribution >= 4 is 11.6 Å². The molecule has 1 unspecified atom stereocenters. The van der Waals surface area contributed by atoms with Gasteiger partial charge in [0.1, 0.15) is 18.0 Å². The fourth-order valence-corrected chi connectivity index (χ4v) is 1.48. The summed E-state index contributed by atoms with van der Waals surface area (Å²) in [5.41, 5.74) is 5.95. The summed E-state index contributed by atoms with van der Waals surface area (Å²) in [7, 11) is 2.00. The average molecular weight is 265 g/mol. The largest absolute Gasteiger partial charge is 0.369 e. The van der Waals surface area contributed by atoms with Gasteiger partial charge in [0.2, 0.25) is 0 Å². The molecular formula is C14H27N5. The van der Waals surface area contributed by atoms with Gasteiger partial charge in [0.05, 0.1) is 0 Å². The maximum atomic E-state index is 5.68. The lowest BCUT2D eigenvalue weighted by Gasteiger charge is -2.26. The number of rotatable bonds is 7. The first-order valence-electron chi connectivity index (χ1n) is 6.88. The van der Waals surface area contributed by atoms with Gasteiger partial charge in [-0.3, -0.25) is 0 Å². The first-order valence-corrected chi connectivity index (χ1v) is 6.88. The van der Waals surface area contributed by atoms with E-state index in [2.05, 4.69) is 47.9 Å². The number of hydrogen-bond donors (Lipinski definition) is 2.